The van der Waals surface area contributed by atoms with Crippen molar-refractivity contribution in [2.24, 2.45) is 0 Å². The summed E-state index contributed by atoms with van der Waals surface area (Å²) in [5.41, 5.74) is 0. The van der Waals surface area contributed by atoms with Gasteiger partial charge in [-0.3, -0.25) is 4.90 Å². The molecule has 1 rings (SSSR count). The van der Waals surface area contributed by atoms with Crippen molar-refractivity contribution >= 4 is 11.8 Å². The SMILES string of the molecule is CC(C)NCCC(C)N(C)C1CCSC1. The lowest BCUT2D eigenvalue weighted by atomic mass is 10.1. The van der Waals surface area contributed by atoms with E-state index in [2.05, 4.69) is 49.8 Å². The van der Waals surface area contributed by atoms with Gasteiger partial charge in [0.15, 0.2) is 0 Å². The molecule has 2 nitrogen and oxygen atoms in total. The lowest BCUT2D eigenvalue weighted by Crippen LogP contribution is -2.40. The number of hydrogen-bond donors (Lipinski definition) is 1. The van der Waals surface area contributed by atoms with Crippen LogP contribution in [0.15, 0.2) is 0 Å². The molecule has 0 spiro atoms. The fourth-order valence-corrected chi connectivity index (χ4v) is 3.27. The summed E-state index contributed by atoms with van der Waals surface area (Å²) in [5.74, 6) is 2.68. The first-order valence-electron chi connectivity index (χ1n) is 6.14. The molecule has 0 saturated carbocycles. The van der Waals surface area contributed by atoms with E-state index in [9.17, 15) is 0 Å². The van der Waals surface area contributed by atoms with Gasteiger partial charge in [0.05, 0.1) is 0 Å². The molecule has 0 aromatic heterocycles. The van der Waals surface area contributed by atoms with Crippen LogP contribution in [0.25, 0.3) is 0 Å². The molecular weight excluding hydrogens is 204 g/mol. The summed E-state index contributed by atoms with van der Waals surface area (Å²) in [6.07, 6.45) is 2.64. The van der Waals surface area contributed by atoms with Crippen molar-refractivity contribution in [3.05, 3.63) is 0 Å². The molecule has 3 heteroatoms. The van der Waals surface area contributed by atoms with Gasteiger partial charge in [-0.05, 0) is 39.1 Å². The third kappa shape index (κ3) is 4.75. The monoisotopic (exact) mass is 230 g/mol. The standard InChI is InChI=1S/C12H26N2S/c1-10(2)13-7-5-11(3)14(4)12-6-8-15-9-12/h10-13H,5-9H2,1-4H3. The van der Waals surface area contributed by atoms with E-state index < -0.39 is 0 Å². The van der Waals surface area contributed by atoms with Crippen molar-refractivity contribution in [1.82, 2.24) is 10.2 Å². The van der Waals surface area contributed by atoms with Gasteiger partial charge in [0.2, 0.25) is 0 Å². The number of nitrogens with one attached hydrogen (secondary N) is 1. The molecule has 90 valence electrons. The Hall–Kier alpha value is 0.270. The van der Waals surface area contributed by atoms with Gasteiger partial charge in [0, 0.05) is 23.9 Å². The Morgan fingerprint density at radius 3 is 2.67 bits per heavy atom. The fourth-order valence-electron chi connectivity index (χ4n) is 1.99. The highest BCUT2D eigenvalue weighted by atomic mass is 32.2. The van der Waals surface area contributed by atoms with Crippen LogP contribution in [0.2, 0.25) is 0 Å². The normalized spacial score (nSPS) is 24.0. The van der Waals surface area contributed by atoms with Gasteiger partial charge in [0.25, 0.3) is 0 Å². The summed E-state index contributed by atoms with van der Waals surface area (Å²) in [6.45, 7) is 7.91. The van der Waals surface area contributed by atoms with Crippen LogP contribution < -0.4 is 5.32 Å². The summed E-state index contributed by atoms with van der Waals surface area (Å²) in [5, 5.41) is 3.49. The Bertz CT molecular complexity index is 167. The van der Waals surface area contributed by atoms with E-state index in [4.69, 9.17) is 0 Å². The Morgan fingerprint density at radius 2 is 2.13 bits per heavy atom. The Labute approximate surface area is 99.2 Å². The molecule has 1 N–H and O–H groups in total. The first kappa shape index (κ1) is 13.3. The summed E-state index contributed by atoms with van der Waals surface area (Å²) < 4.78 is 0. The van der Waals surface area contributed by atoms with E-state index in [0.717, 1.165) is 12.6 Å². The van der Waals surface area contributed by atoms with Gasteiger partial charge in [0.1, 0.15) is 0 Å². The minimum atomic E-state index is 0.615. The van der Waals surface area contributed by atoms with Crippen LogP contribution in [0.3, 0.4) is 0 Å². The van der Waals surface area contributed by atoms with E-state index in [1.807, 2.05) is 0 Å². The number of rotatable bonds is 6. The Balaban J connectivity index is 2.17. The second kappa shape index (κ2) is 6.77. The van der Waals surface area contributed by atoms with Crippen LogP contribution in [-0.2, 0) is 0 Å². The maximum absolute atomic E-state index is 3.49. The maximum atomic E-state index is 3.49. The highest BCUT2D eigenvalue weighted by molar-refractivity contribution is 7.99. The van der Waals surface area contributed by atoms with E-state index in [1.165, 1.54) is 24.3 Å². The van der Waals surface area contributed by atoms with E-state index in [1.54, 1.807) is 0 Å². The van der Waals surface area contributed by atoms with Crippen LogP contribution in [-0.4, -0.2) is 48.1 Å². The molecule has 1 heterocycles. The van der Waals surface area contributed by atoms with Crippen LogP contribution in [0, 0.1) is 0 Å². The number of nitrogens with zero attached hydrogens (tertiary/aromatic N) is 1. The molecule has 2 atom stereocenters. The van der Waals surface area contributed by atoms with Crippen molar-refractivity contribution in [2.75, 3.05) is 25.1 Å². The molecule has 2 unspecified atom stereocenters. The van der Waals surface area contributed by atoms with Crippen molar-refractivity contribution < 1.29 is 0 Å². The molecule has 1 saturated heterocycles. The highest BCUT2D eigenvalue weighted by Crippen LogP contribution is 2.23. The molecule has 0 aromatic carbocycles. The molecule has 0 amide bonds. The Morgan fingerprint density at radius 1 is 1.40 bits per heavy atom. The second-order valence-electron chi connectivity index (χ2n) is 4.93. The third-order valence-electron chi connectivity index (χ3n) is 3.29. The maximum Gasteiger partial charge on any atom is 0.0194 e. The largest absolute Gasteiger partial charge is 0.314 e. The molecule has 0 aliphatic carbocycles. The Kier molecular flexibility index (Phi) is 6.02. The van der Waals surface area contributed by atoms with Gasteiger partial charge < -0.3 is 5.32 Å². The zero-order valence-corrected chi connectivity index (χ0v) is 11.4. The van der Waals surface area contributed by atoms with Crippen LogP contribution >= 0.6 is 11.8 Å². The molecule has 1 aliphatic heterocycles. The summed E-state index contributed by atoms with van der Waals surface area (Å²) in [6, 6.07) is 2.15. The zero-order chi connectivity index (χ0) is 11.3. The van der Waals surface area contributed by atoms with Gasteiger partial charge in [-0.25, -0.2) is 0 Å². The molecule has 1 fully saturated rings. The summed E-state index contributed by atoms with van der Waals surface area (Å²) >= 11 is 2.10. The molecular formula is C12H26N2S. The second-order valence-corrected chi connectivity index (χ2v) is 6.08. The van der Waals surface area contributed by atoms with Gasteiger partial charge in [-0.1, -0.05) is 13.8 Å². The lowest BCUT2D eigenvalue weighted by Gasteiger charge is -2.30. The molecule has 0 aromatic rings. The van der Waals surface area contributed by atoms with Crippen molar-refractivity contribution in [2.45, 2.75) is 51.7 Å². The molecule has 1 aliphatic rings. The molecule has 0 radical (unpaired) electrons. The fraction of sp³-hybridized carbons (Fsp3) is 1.00. The lowest BCUT2D eigenvalue weighted by molar-refractivity contribution is 0.189. The van der Waals surface area contributed by atoms with E-state index in [0.29, 0.717) is 12.1 Å². The minimum absolute atomic E-state index is 0.615. The van der Waals surface area contributed by atoms with Crippen LogP contribution in [0.5, 0.6) is 0 Å². The summed E-state index contributed by atoms with van der Waals surface area (Å²) in [4.78, 5) is 2.57. The first-order valence-corrected chi connectivity index (χ1v) is 7.29. The van der Waals surface area contributed by atoms with Crippen molar-refractivity contribution in [3.8, 4) is 0 Å². The number of thioether (sulfide) groups is 1. The highest BCUT2D eigenvalue weighted by Gasteiger charge is 2.23. The average Bonchev–Trinajstić information content (AvgIpc) is 2.68. The summed E-state index contributed by atoms with van der Waals surface area (Å²) in [7, 11) is 2.29. The van der Waals surface area contributed by atoms with Crippen LogP contribution in [0.1, 0.15) is 33.6 Å². The molecule has 0 bridgehead atoms. The van der Waals surface area contributed by atoms with Crippen molar-refractivity contribution in [1.29, 1.82) is 0 Å². The van der Waals surface area contributed by atoms with E-state index in [-0.39, 0.29) is 0 Å². The minimum Gasteiger partial charge on any atom is -0.314 e. The number of hydrogen-bond acceptors (Lipinski definition) is 3. The van der Waals surface area contributed by atoms with Crippen LogP contribution in [0.4, 0.5) is 0 Å². The quantitative estimate of drug-likeness (QED) is 0.753. The predicted octanol–water partition coefficient (Wildman–Crippen LogP) is 2.20. The van der Waals surface area contributed by atoms with E-state index >= 15 is 0 Å². The van der Waals surface area contributed by atoms with Gasteiger partial charge >= 0.3 is 0 Å². The average molecular weight is 230 g/mol. The first-order chi connectivity index (χ1) is 7.11. The third-order valence-corrected chi connectivity index (χ3v) is 4.44. The van der Waals surface area contributed by atoms with Crippen molar-refractivity contribution in [3.63, 3.8) is 0 Å². The topological polar surface area (TPSA) is 15.3 Å². The molecule has 15 heavy (non-hydrogen) atoms. The smallest absolute Gasteiger partial charge is 0.0194 e. The van der Waals surface area contributed by atoms with Gasteiger partial charge in [-0.2, -0.15) is 11.8 Å². The predicted molar refractivity (Wildman–Crippen MR) is 70.7 cm³/mol. The van der Waals surface area contributed by atoms with Gasteiger partial charge in [-0.15, -0.1) is 0 Å². The zero-order valence-electron chi connectivity index (χ0n) is 10.6.